The summed E-state index contributed by atoms with van der Waals surface area (Å²) in [5.74, 6) is 0.996. The van der Waals surface area contributed by atoms with Crippen LogP contribution in [-0.4, -0.2) is 9.97 Å². The van der Waals surface area contributed by atoms with E-state index in [4.69, 9.17) is 34.8 Å². The summed E-state index contributed by atoms with van der Waals surface area (Å²) >= 11 is 20.6. The SMILES string of the molecule is CC(C)Cc1nc(-c2cc(Cl)ccc2Cl)nc(Cl)c1I. The fourth-order valence-corrected chi connectivity index (χ4v) is 2.80. The Morgan fingerprint density at radius 1 is 1.15 bits per heavy atom. The monoisotopic (exact) mass is 440 g/mol. The van der Waals surface area contributed by atoms with Crippen molar-refractivity contribution in [3.63, 3.8) is 0 Å². The molecule has 106 valence electrons. The van der Waals surface area contributed by atoms with E-state index < -0.39 is 0 Å². The van der Waals surface area contributed by atoms with E-state index in [0.29, 0.717) is 32.5 Å². The summed E-state index contributed by atoms with van der Waals surface area (Å²) in [5, 5.41) is 1.59. The molecule has 1 aromatic carbocycles. The minimum absolute atomic E-state index is 0.447. The van der Waals surface area contributed by atoms with Crippen molar-refractivity contribution in [3.05, 3.63) is 42.7 Å². The van der Waals surface area contributed by atoms with E-state index in [-0.39, 0.29) is 0 Å². The van der Waals surface area contributed by atoms with E-state index >= 15 is 0 Å². The van der Waals surface area contributed by atoms with Crippen molar-refractivity contribution >= 4 is 57.4 Å². The molecule has 0 atom stereocenters. The van der Waals surface area contributed by atoms with Crippen LogP contribution in [0.4, 0.5) is 0 Å². The fraction of sp³-hybridized carbons (Fsp3) is 0.286. The standard InChI is InChI=1S/C14H12Cl3IN2/c1-7(2)5-11-12(18)13(17)20-14(19-11)9-6-8(15)3-4-10(9)16/h3-4,6-7H,5H2,1-2H3. The lowest BCUT2D eigenvalue weighted by atomic mass is 10.1. The summed E-state index contributed by atoms with van der Waals surface area (Å²) < 4.78 is 0.889. The lowest BCUT2D eigenvalue weighted by Crippen LogP contribution is -2.04. The zero-order valence-electron chi connectivity index (χ0n) is 10.9. The lowest BCUT2D eigenvalue weighted by molar-refractivity contribution is 0.632. The maximum absolute atomic E-state index is 6.21. The van der Waals surface area contributed by atoms with E-state index in [1.54, 1.807) is 18.2 Å². The second-order valence-corrected chi connectivity index (χ2v) is 7.10. The van der Waals surface area contributed by atoms with E-state index in [1.807, 2.05) is 0 Å². The minimum Gasteiger partial charge on any atom is -0.232 e. The third-order valence-electron chi connectivity index (χ3n) is 2.65. The Bertz CT molecular complexity index is 645. The first-order valence-electron chi connectivity index (χ1n) is 6.05. The van der Waals surface area contributed by atoms with Gasteiger partial charge in [0.25, 0.3) is 0 Å². The molecule has 0 spiro atoms. The van der Waals surface area contributed by atoms with Crippen molar-refractivity contribution in [3.8, 4) is 11.4 Å². The van der Waals surface area contributed by atoms with Gasteiger partial charge in [0.2, 0.25) is 0 Å². The fourth-order valence-electron chi connectivity index (χ4n) is 1.77. The number of hydrogen-bond donors (Lipinski definition) is 0. The van der Waals surface area contributed by atoms with Gasteiger partial charge in [-0.05, 0) is 53.1 Å². The molecule has 0 unspecified atom stereocenters. The Hall–Kier alpha value is -0.100. The summed E-state index contributed by atoms with van der Waals surface area (Å²) in [4.78, 5) is 8.92. The van der Waals surface area contributed by atoms with Gasteiger partial charge in [-0.15, -0.1) is 0 Å². The van der Waals surface area contributed by atoms with Gasteiger partial charge >= 0.3 is 0 Å². The largest absolute Gasteiger partial charge is 0.232 e. The number of aromatic nitrogens is 2. The topological polar surface area (TPSA) is 25.8 Å². The van der Waals surface area contributed by atoms with Crippen molar-refractivity contribution in [1.29, 1.82) is 0 Å². The molecule has 2 nitrogen and oxygen atoms in total. The van der Waals surface area contributed by atoms with Gasteiger partial charge in [-0.25, -0.2) is 9.97 Å². The summed E-state index contributed by atoms with van der Waals surface area (Å²) in [6.45, 7) is 4.27. The molecule has 0 N–H and O–H groups in total. The quantitative estimate of drug-likeness (QED) is 0.437. The maximum atomic E-state index is 6.21. The zero-order valence-corrected chi connectivity index (χ0v) is 15.3. The van der Waals surface area contributed by atoms with Gasteiger partial charge < -0.3 is 0 Å². The molecule has 20 heavy (non-hydrogen) atoms. The molecule has 0 saturated carbocycles. The number of rotatable bonds is 3. The van der Waals surface area contributed by atoms with Crippen LogP contribution in [0.15, 0.2) is 18.2 Å². The van der Waals surface area contributed by atoms with E-state index in [1.165, 1.54) is 0 Å². The zero-order chi connectivity index (χ0) is 14.9. The summed E-state index contributed by atoms with van der Waals surface area (Å²) in [6.07, 6.45) is 0.839. The van der Waals surface area contributed by atoms with Crippen molar-refractivity contribution in [2.75, 3.05) is 0 Å². The van der Waals surface area contributed by atoms with Gasteiger partial charge in [0.1, 0.15) is 5.15 Å². The first-order valence-corrected chi connectivity index (χ1v) is 8.27. The van der Waals surface area contributed by atoms with Gasteiger partial charge in [-0.2, -0.15) is 0 Å². The predicted molar refractivity (Wildman–Crippen MR) is 93.8 cm³/mol. The molecule has 0 saturated heterocycles. The van der Waals surface area contributed by atoms with Crippen molar-refractivity contribution < 1.29 is 0 Å². The number of benzene rings is 1. The van der Waals surface area contributed by atoms with Gasteiger partial charge in [-0.3, -0.25) is 0 Å². The van der Waals surface area contributed by atoms with E-state index in [0.717, 1.165) is 15.7 Å². The van der Waals surface area contributed by atoms with Crippen molar-refractivity contribution in [2.45, 2.75) is 20.3 Å². The van der Waals surface area contributed by atoms with E-state index in [9.17, 15) is 0 Å². The van der Waals surface area contributed by atoms with Crippen LogP contribution in [0.2, 0.25) is 15.2 Å². The lowest BCUT2D eigenvalue weighted by Gasteiger charge is -2.11. The van der Waals surface area contributed by atoms with Crippen LogP contribution in [0.5, 0.6) is 0 Å². The van der Waals surface area contributed by atoms with Crippen LogP contribution in [0.3, 0.4) is 0 Å². The molecular formula is C14H12Cl3IN2. The third kappa shape index (κ3) is 3.75. The molecule has 2 aromatic rings. The van der Waals surface area contributed by atoms with Crippen molar-refractivity contribution in [1.82, 2.24) is 9.97 Å². The highest BCUT2D eigenvalue weighted by molar-refractivity contribution is 14.1. The van der Waals surface area contributed by atoms with Crippen LogP contribution >= 0.6 is 57.4 Å². The van der Waals surface area contributed by atoms with Gasteiger partial charge in [0, 0.05) is 10.6 Å². The van der Waals surface area contributed by atoms with Gasteiger partial charge in [-0.1, -0.05) is 48.7 Å². The van der Waals surface area contributed by atoms with Crippen molar-refractivity contribution in [2.24, 2.45) is 5.92 Å². The van der Waals surface area contributed by atoms with Gasteiger partial charge in [0.05, 0.1) is 14.3 Å². The Balaban J connectivity index is 2.57. The Morgan fingerprint density at radius 3 is 2.50 bits per heavy atom. The minimum atomic E-state index is 0.447. The first kappa shape index (κ1) is 16.3. The second-order valence-electron chi connectivity index (χ2n) is 4.82. The number of halogens is 4. The molecule has 1 heterocycles. The summed E-state index contributed by atoms with van der Waals surface area (Å²) in [6, 6.07) is 5.22. The molecule has 1 aromatic heterocycles. The molecule has 6 heteroatoms. The van der Waals surface area contributed by atoms with Crippen LogP contribution in [0.25, 0.3) is 11.4 Å². The molecule has 0 fully saturated rings. The third-order valence-corrected chi connectivity index (χ3v) is 4.94. The highest BCUT2D eigenvalue weighted by Crippen LogP contribution is 2.31. The number of nitrogens with zero attached hydrogens (tertiary/aromatic N) is 2. The molecule has 0 aliphatic rings. The first-order chi connectivity index (χ1) is 9.38. The Kier molecular flexibility index (Phi) is 5.51. The summed E-state index contributed by atoms with van der Waals surface area (Å²) in [7, 11) is 0. The molecule has 0 amide bonds. The molecule has 0 radical (unpaired) electrons. The Morgan fingerprint density at radius 2 is 1.85 bits per heavy atom. The Labute approximate surface area is 147 Å². The predicted octanol–water partition coefficient (Wildman–Crippen LogP) is 5.91. The average molecular weight is 442 g/mol. The van der Waals surface area contributed by atoms with E-state index in [2.05, 4.69) is 46.4 Å². The smallest absolute Gasteiger partial charge is 0.162 e. The molecule has 0 aliphatic carbocycles. The maximum Gasteiger partial charge on any atom is 0.162 e. The van der Waals surface area contributed by atoms with Crippen LogP contribution < -0.4 is 0 Å². The molecule has 0 aliphatic heterocycles. The summed E-state index contributed by atoms with van der Waals surface area (Å²) in [5.41, 5.74) is 1.63. The normalized spacial score (nSPS) is 11.2. The van der Waals surface area contributed by atoms with Gasteiger partial charge in [0.15, 0.2) is 5.82 Å². The number of hydrogen-bond acceptors (Lipinski definition) is 2. The van der Waals surface area contributed by atoms with Crippen LogP contribution in [0.1, 0.15) is 19.5 Å². The highest BCUT2D eigenvalue weighted by atomic mass is 127. The molecule has 0 bridgehead atoms. The average Bonchev–Trinajstić information content (AvgIpc) is 2.37. The van der Waals surface area contributed by atoms with Crippen LogP contribution in [0, 0.1) is 9.49 Å². The second kappa shape index (κ2) is 6.77. The highest BCUT2D eigenvalue weighted by Gasteiger charge is 2.15. The molecule has 2 rings (SSSR count). The van der Waals surface area contributed by atoms with Crippen LogP contribution in [-0.2, 0) is 6.42 Å². The molecular weight excluding hydrogens is 429 g/mol.